The summed E-state index contributed by atoms with van der Waals surface area (Å²) in [6.45, 7) is 3.95. The summed E-state index contributed by atoms with van der Waals surface area (Å²) in [6, 6.07) is 5.52. The lowest BCUT2D eigenvalue weighted by atomic mass is 10.1. The van der Waals surface area contributed by atoms with Crippen molar-refractivity contribution in [2.45, 2.75) is 13.8 Å². The summed E-state index contributed by atoms with van der Waals surface area (Å²) in [5.41, 5.74) is 2.94. The van der Waals surface area contributed by atoms with Gasteiger partial charge in [-0.1, -0.05) is 6.07 Å². The van der Waals surface area contributed by atoms with E-state index in [9.17, 15) is 4.21 Å². The number of benzene rings is 1. The van der Waals surface area contributed by atoms with Gasteiger partial charge < -0.3 is 0 Å². The molecule has 3 nitrogen and oxygen atoms in total. The van der Waals surface area contributed by atoms with Crippen LogP contribution in [0, 0.1) is 13.8 Å². The predicted molar refractivity (Wildman–Crippen MR) is 50.3 cm³/mol. The summed E-state index contributed by atoms with van der Waals surface area (Å²) >= 11 is -1.98. The first kappa shape index (κ1) is 9.22. The minimum absolute atomic E-state index is 0.666. The molecule has 1 atom stereocenters. The molecule has 0 bridgehead atoms. The van der Waals surface area contributed by atoms with Gasteiger partial charge in [-0.2, -0.15) is 0 Å². The van der Waals surface area contributed by atoms with Gasteiger partial charge in [0.1, 0.15) is 0 Å². The van der Waals surface area contributed by atoms with Crippen molar-refractivity contribution in [3.05, 3.63) is 29.3 Å². The van der Waals surface area contributed by atoms with Crippen molar-refractivity contribution in [1.29, 1.82) is 0 Å². The molecule has 1 rings (SSSR count). The van der Waals surface area contributed by atoms with Gasteiger partial charge in [-0.15, -0.1) is 0 Å². The van der Waals surface area contributed by atoms with Gasteiger partial charge in [0.15, 0.2) is 0 Å². The Kier molecular flexibility index (Phi) is 2.83. The molecule has 0 saturated heterocycles. The highest BCUT2D eigenvalue weighted by Crippen LogP contribution is 2.13. The van der Waals surface area contributed by atoms with Gasteiger partial charge in [0.2, 0.25) is 0 Å². The van der Waals surface area contributed by atoms with E-state index >= 15 is 0 Å². The molecule has 0 amide bonds. The van der Waals surface area contributed by atoms with Crippen LogP contribution in [0.3, 0.4) is 0 Å². The Labute approximate surface area is 74.2 Å². The van der Waals surface area contributed by atoms with Crippen LogP contribution in [0.5, 0.6) is 0 Å². The van der Waals surface area contributed by atoms with Crippen LogP contribution in [0.15, 0.2) is 18.2 Å². The quantitative estimate of drug-likeness (QED) is 0.691. The Morgan fingerprint density at radius 3 is 2.50 bits per heavy atom. The maximum Gasteiger partial charge on any atom is 0.259 e. The van der Waals surface area contributed by atoms with Gasteiger partial charge in [0.05, 0.1) is 0 Å². The molecule has 0 fully saturated rings. The summed E-state index contributed by atoms with van der Waals surface area (Å²) in [5.74, 6) is 0. The summed E-state index contributed by atoms with van der Waals surface area (Å²) in [7, 11) is 0. The van der Waals surface area contributed by atoms with E-state index in [1.165, 1.54) is 5.56 Å². The number of rotatable bonds is 2. The summed E-state index contributed by atoms with van der Waals surface area (Å²) < 4.78 is 21.3. The molecule has 0 heterocycles. The van der Waals surface area contributed by atoms with Crippen molar-refractivity contribution < 1.29 is 8.76 Å². The van der Waals surface area contributed by atoms with Crippen LogP contribution in [0.2, 0.25) is 0 Å². The van der Waals surface area contributed by atoms with E-state index in [-0.39, 0.29) is 0 Å². The van der Waals surface area contributed by atoms with Crippen molar-refractivity contribution >= 4 is 17.0 Å². The fraction of sp³-hybridized carbons (Fsp3) is 0.250. The van der Waals surface area contributed by atoms with Gasteiger partial charge in [0.25, 0.3) is 11.3 Å². The molecule has 0 saturated carbocycles. The molecule has 2 N–H and O–H groups in total. The Bertz CT molecular complexity index is 312. The molecule has 66 valence electrons. The summed E-state index contributed by atoms with van der Waals surface area (Å²) in [6.07, 6.45) is 0. The SMILES string of the molecule is Cc1ccc(NS(=O)O)cc1C. The van der Waals surface area contributed by atoms with E-state index in [1.54, 1.807) is 6.07 Å². The number of anilines is 1. The average Bonchev–Trinajstić information content (AvgIpc) is 1.96. The highest BCUT2D eigenvalue weighted by Gasteiger charge is 1.97. The maximum atomic E-state index is 10.4. The minimum atomic E-state index is -1.98. The largest absolute Gasteiger partial charge is 0.289 e. The molecule has 0 radical (unpaired) electrons. The lowest BCUT2D eigenvalue weighted by Gasteiger charge is -2.04. The monoisotopic (exact) mass is 185 g/mol. The molecule has 1 aromatic rings. The van der Waals surface area contributed by atoms with Gasteiger partial charge in [-0.25, -0.2) is 4.21 Å². The minimum Gasteiger partial charge on any atom is -0.289 e. The third kappa shape index (κ3) is 2.32. The zero-order valence-electron chi connectivity index (χ0n) is 7.00. The van der Waals surface area contributed by atoms with Crippen LogP contribution in [-0.4, -0.2) is 8.76 Å². The molecular weight excluding hydrogens is 174 g/mol. The van der Waals surface area contributed by atoms with Crippen LogP contribution >= 0.6 is 0 Å². The summed E-state index contributed by atoms with van der Waals surface area (Å²) in [5, 5.41) is 0. The number of nitrogens with one attached hydrogen (secondary N) is 1. The van der Waals surface area contributed by atoms with E-state index in [4.69, 9.17) is 4.55 Å². The van der Waals surface area contributed by atoms with Crippen LogP contribution < -0.4 is 4.72 Å². The topological polar surface area (TPSA) is 49.3 Å². The zero-order chi connectivity index (χ0) is 9.14. The van der Waals surface area contributed by atoms with E-state index < -0.39 is 11.3 Å². The van der Waals surface area contributed by atoms with Gasteiger partial charge in [-0.3, -0.25) is 9.27 Å². The molecular formula is C8H11NO2S. The van der Waals surface area contributed by atoms with E-state index in [2.05, 4.69) is 4.72 Å². The molecule has 0 aromatic heterocycles. The first-order valence-corrected chi connectivity index (χ1v) is 4.65. The average molecular weight is 185 g/mol. The second-order valence-corrected chi connectivity index (χ2v) is 3.35. The molecule has 4 heteroatoms. The van der Waals surface area contributed by atoms with E-state index in [0.717, 1.165) is 5.56 Å². The van der Waals surface area contributed by atoms with Crippen molar-refractivity contribution in [3.63, 3.8) is 0 Å². The van der Waals surface area contributed by atoms with E-state index in [1.807, 2.05) is 26.0 Å². The number of hydrogen-bond donors (Lipinski definition) is 2. The molecule has 1 aromatic carbocycles. The number of aryl methyl sites for hydroxylation is 2. The summed E-state index contributed by atoms with van der Waals surface area (Å²) in [4.78, 5) is 0. The van der Waals surface area contributed by atoms with Crippen molar-refractivity contribution in [3.8, 4) is 0 Å². The third-order valence-electron chi connectivity index (χ3n) is 1.71. The normalized spacial score (nSPS) is 12.6. The zero-order valence-corrected chi connectivity index (χ0v) is 7.81. The fourth-order valence-corrected chi connectivity index (χ4v) is 1.23. The second-order valence-electron chi connectivity index (χ2n) is 2.65. The molecule has 0 aliphatic rings. The molecule has 12 heavy (non-hydrogen) atoms. The van der Waals surface area contributed by atoms with Crippen LogP contribution in [-0.2, 0) is 11.3 Å². The van der Waals surface area contributed by atoms with E-state index in [0.29, 0.717) is 5.69 Å². The van der Waals surface area contributed by atoms with Crippen molar-refractivity contribution in [1.82, 2.24) is 0 Å². The first-order chi connectivity index (χ1) is 5.59. The Hall–Kier alpha value is -0.870. The van der Waals surface area contributed by atoms with Crippen LogP contribution in [0.25, 0.3) is 0 Å². The number of hydrogen-bond acceptors (Lipinski definition) is 1. The Balaban J connectivity index is 2.89. The highest BCUT2D eigenvalue weighted by atomic mass is 32.2. The maximum absolute atomic E-state index is 10.4. The Morgan fingerprint density at radius 1 is 1.33 bits per heavy atom. The van der Waals surface area contributed by atoms with Crippen molar-refractivity contribution in [2.24, 2.45) is 0 Å². The van der Waals surface area contributed by atoms with Crippen LogP contribution in [0.4, 0.5) is 5.69 Å². The molecule has 0 aliphatic heterocycles. The lowest BCUT2D eigenvalue weighted by molar-refractivity contribution is 0.570. The van der Waals surface area contributed by atoms with Gasteiger partial charge in [-0.05, 0) is 37.1 Å². The van der Waals surface area contributed by atoms with Crippen molar-refractivity contribution in [2.75, 3.05) is 4.72 Å². The molecule has 0 aliphatic carbocycles. The van der Waals surface area contributed by atoms with Gasteiger partial charge >= 0.3 is 0 Å². The van der Waals surface area contributed by atoms with Crippen LogP contribution in [0.1, 0.15) is 11.1 Å². The first-order valence-electron chi connectivity index (χ1n) is 3.54. The predicted octanol–water partition coefficient (Wildman–Crippen LogP) is 1.85. The fourth-order valence-electron chi connectivity index (χ4n) is 0.906. The smallest absolute Gasteiger partial charge is 0.259 e. The van der Waals surface area contributed by atoms with Gasteiger partial charge in [0, 0.05) is 5.69 Å². The standard InChI is InChI=1S/C8H11NO2S/c1-6-3-4-8(5-7(6)2)9-12(10)11/h3-5,9H,1-2H3,(H,10,11). The second kappa shape index (κ2) is 3.69. The third-order valence-corrected chi connectivity index (χ3v) is 2.12. The Morgan fingerprint density at radius 2 is 2.00 bits per heavy atom. The molecule has 0 spiro atoms. The highest BCUT2D eigenvalue weighted by molar-refractivity contribution is 7.80. The lowest BCUT2D eigenvalue weighted by Crippen LogP contribution is -2.01. The molecule has 1 unspecified atom stereocenters.